The number of aryl methyl sites for hydroxylation is 2. The van der Waals surface area contributed by atoms with Crippen LogP contribution in [0.25, 0.3) is 0 Å². The highest BCUT2D eigenvalue weighted by Gasteiger charge is 2.04. The summed E-state index contributed by atoms with van der Waals surface area (Å²) in [6.45, 7) is 3.01. The molecule has 2 rings (SSSR count). The van der Waals surface area contributed by atoms with Crippen LogP contribution in [0.15, 0.2) is 12.4 Å². The lowest BCUT2D eigenvalue weighted by Gasteiger charge is -2.00. The average molecular weight is 206 g/mol. The van der Waals surface area contributed by atoms with Gasteiger partial charge in [0.2, 0.25) is 0 Å². The molecule has 0 atom stereocenters. The summed E-state index contributed by atoms with van der Waals surface area (Å²) in [4.78, 5) is 4.06. The molecule has 0 amide bonds. The molecule has 0 aromatic carbocycles. The lowest BCUT2D eigenvalue weighted by Crippen LogP contribution is -2.07. The number of hydrogen-bond acceptors (Lipinski definition) is 4. The SMILES string of the molecule is Cc1cc(Cn2cnc(CN)n2)n(C)n1. The summed E-state index contributed by atoms with van der Waals surface area (Å²) in [5, 5.41) is 8.48. The maximum absolute atomic E-state index is 5.43. The van der Waals surface area contributed by atoms with E-state index in [0.717, 1.165) is 11.4 Å². The third-order valence-corrected chi connectivity index (χ3v) is 2.19. The Labute approximate surface area is 87.7 Å². The minimum Gasteiger partial charge on any atom is -0.324 e. The van der Waals surface area contributed by atoms with Gasteiger partial charge in [0.1, 0.15) is 6.33 Å². The van der Waals surface area contributed by atoms with Crippen LogP contribution in [0.4, 0.5) is 0 Å². The largest absolute Gasteiger partial charge is 0.324 e. The van der Waals surface area contributed by atoms with E-state index < -0.39 is 0 Å². The van der Waals surface area contributed by atoms with Crippen molar-refractivity contribution in [1.82, 2.24) is 24.5 Å². The van der Waals surface area contributed by atoms with Crippen LogP contribution in [0.3, 0.4) is 0 Å². The van der Waals surface area contributed by atoms with E-state index in [0.29, 0.717) is 18.9 Å². The van der Waals surface area contributed by atoms with Crippen molar-refractivity contribution in [2.75, 3.05) is 0 Å². The van der Waals surface area contributed by atoms with Crippen molar-refractivity contribution in [3.8, 4) is 0 Å². The lowest BCUT2D eigenvalue weighted by molar-refractivity contribution is 0.612. The van der Waals surface area contributed by atoms with Gasteiger partial charge in [-0.3, -0.25) is 4.68 Å². The Bertz CT molecular complexity index is 455. The van der Waals surface area contributed by atoms with Crippen molar-refractivity contribution < 1.29 is 0 Å². The van der Waals surface area contributed by atoms with E-state index in [1.165, 1.54) is 0 Å². The molecule has 0 aliphatic heterocycles. The zero-order valence-corrected chi connectivity index (χ0v) is 8.88. The van der Waals surface area contributed by atoms with Crippen LogP contribution in [0, 0.1) is 6.92 Å². The second-order valence-corrected chi connectivity index (χ2v) is 3.46. The van der Waals surface area contributed by atoms with Gasteiger partial charge in [-0.1, -0.05) is 0 Å². The molecule has 0 saturated carbocycles. The van der Waals surface area contributed by atoms with Gasteiger partial charge in [0.05, 0.1) is 24.5 Å². The molecule has 15 heavy (non-hydrogen) atoms. The third kappa shape index (κ3) is 2.04. The molecule has 0 unspecified atom stereocenters. The first kappa shape index (κ1) is 9.85. The minimum absolute atomic E-state index is 0.372. The Morgan fingerprint density at radius 1 is 1.40 bits per heavy atom. The zero-order chi connectivity index (χ0) is 10.8. The molecular weight excluding hydrogens is 192 g/mol. The van der Waals surface area contributed by atoms with Crippen molar-refractivity contribution in [3.05, 3.63) is 29.6 Å². The van der Waals surface area contributed by atoms with Crippen LogP contribution in [0.2, 0.25) is 0 Å². The molecule has 2 heterocycles. The summed E-state index contributed by atoms with van der Waals surface area (Å²) >= 11 is 0. The number of rotatable bonds is 3. The molecule has 0 saturated heterocycles. The first-order chi connectivity index (χ1) is 7.19. The fourth-order valence-electron chi connectivity index (χ4n) is 1.48. The Kier molecular flexibility index (Phi) is 2.51. The minimum atomic E-state index is 0.372. The van der Waals surface area contributed by atoms with E-state index in [1.807, 2.05) is 24.7 Å². The quantitative estimate of drug-likeness (QED) is 0.756. The van der Waals surface area contributed by atoms with Crippen LogP contribution >= 0.6 is 0 Å². The van der Waals surface area contributed by atoms with Crippen LogP contribution in [0.1, 0.15) is 17.2 Å². The summed E-state index contributed by atoms with van der Waals surface area (Å²) in [6.07, 6.45) is 1.69. The third-order valence-electron chi connectivity index (χ3n) is 2.19. The van der Waals surface area contributed by atoms with Crippen molar-refractivity contribution in [2.45, 2.75) is 20.0 Å². The van der Waals surface area contributed by atoms with Gasteiger partial charge >= 0.3 is 0 Å². The first-order valence-electron chi connectivity index (χ1n) is 4.77. The number of nitrogens with two attached hydrogens (primary N) is 1. The second kappa shape index (κ2) is 3.82. The summed E-state index contributed by atoms with van der Waals surface area (Å²) in [7, 11) is 1.92. The van der Waals surface area contributed by atoms with Gasteiger partial charge in [0.25, 0.3) is 0 Å². The summed E-state index contributed by atoms with van der Waals surface area (Å²) in [5.41, 5.74) is 7.54. The molecule has 2 aromatic rings. The summed E-state index contributed by atoms with van der Waals surface area (Å²) in [5.74, 6) is 0.661. The topological polar surface area (TPSA) is 74.6 Å². The highest BCUT2D eigenvalue weighted by Crippen LogP contribution is 2.03. The molecule has 2 N–H and O–H groups in total. The van der Waals surface area contributed by atoms with E-state index in [-0.39, 0.29) is 0 Å². The molecule has 0 radical (unpaired) electrons. The lowest BCUT2D eigenvalue weighted by atomic mass is 10.4. The van der Waals surface area contributed by atoms with Crippen molar-refractivity contribution >= 4 is 0 Å². The Morgan fingerprint density at radius 3 is 2.73 bits per heavy atom. The van der Waals surface area contributed by atoms with Crippen molar-refractivity contribution in [2.24, 2.45) is 12.8 Å². The first-order valence-corrected chi connectivity index (χ1v) is 4.77. The number of hydrogen-bond donors (Lipinski definition) is 1. The highest BCUT2D eigenvalue weighted by molar-refractivity contribution is 5.08. The van der Waals surface area contributed by atoms with Gasteiger partial charge in [-0.2, -0.15) is 10.2 Å². The molecule has 0 aliphatic carbocycles. The van der Waals surface area contributed by atoms with Gasteiger partial charge in [-0.25, -0.2) is 9.67 Å². The summed E-state index contributed by atoms with van der Waals surface area (Å²) in [6, 6.07) is 2.03. The van der Waals surface area contributed by atoms with Crippen LogP contribution in [-0.4, -0.2) is 24.5 Å². The van der Waals surface area contributed by atoms with E-state index in [9.17, 15) is 0 Å². The normalized spacial score (nSPS) is 10.9. The second-order valence-electron chi connectivity index (χ2n) is 3.46. The van der Waals surface area contributed by atoms with Gasteiger partial charge in [-0.05, 0) is 13.0 Å². The van der Waals surface area contributed by atoms with Crippen LogP contribution in [-0.2, 0) is 20.1 Å². The van der Waals surface area contributed by atoms with Gasteiger partial charge in [0.15, 0.2) is 5.82 Å². The predicted octanol–water partition coefficient (Wildman–Crippen LogP) is -0.173. The van der Waals surface area contributed by atoms with Crippen LogP contribution < -0.4 is 5.73 Å². The maximum Gasteiger partial charge on any atom is 0.164 e. The van der Waals surface area contributed by atoms with E-state index in [2.05, 4.69) is 15.2 Å². The summed E-state index contributed by atoms with van der Waals surface area (Å²) < 4.78 is 3.61. The smallest absolute Gasteiger partial charge is 0.164 e. The molecule has 0 spiro atoms. The molecule has 2 aromatic heterocycles. The van der Waals surface area contributed by atoms with E-state index in [1.54, 1.807) is 11.0 Å². The fourth-order valence-corrected chi connectivity index (χ4v) is 1.48. The maximum atomic E-state index is 5.43. The molecular formula is C9H14N6. The molecule has 0 fully saturated rings. The highest BCUT2D eigenvalue weighted by atomic mass is 15.4. The van der Waals surface area contributed by atoms with Crippen molar-refractivity contribution in [3.63, 3.8) is 0 Å². The Morgan fingerprint density at radius 2 is 2.20 bits per heavy atom. The van der Waals surface area contributed by atoms with Crippen LogP contribution in [0.5, 0.6) is 0 Å². The number of nitrogens with zero attached hydrogens (tertiary/aromatic N) is 5. The van der Waals surface area contributed by atoms with Gasteiger partial charge in [-0.15, -0.1) is 0 Å². The van der Waals surface area contributed by atoms with E-state index in [4.69, 9.17) is 5.73 Å². The molecule has 6 nitrogen and oxygen atoms in total. The molecule has 80 valence electrons. The average Bonchev–Trinajstić information content (AvgIpc) is 2.75. The standard InChI is InChI=1S/C9H14N6/c1-7-3-8(14(2)12-7)5-15-6-11-9(4-10)13-15/h3,6H,4-5,10H2,1-2H3. The van der Waals surface area contributed by atoms with Crippen molar-refractivity contribution in [1.29, 1.82) is 0 Å². The van der Waals surface area contributed by atoms with E-state index >= 15 is 0 Å². The van der Waals surface area contributed by atoms with Gasteiger partial charge < -0.3 is 5.73 Å². The van der Waals surface area contributed by atoms with Gasteiger partial charge in [0, 0.05) is 7.05 Å². The zero-order valence-electron chi connectivity index (χ0n) is 8.88. The monoisotopic (exact) mass is 206 g/mol. The molecule has 0 aliphatic rings. The Hall–Kier alpha value is -1.69. The number of aromatic nitrogens is 5. The Balaban J connectivity index is 2.17. The fraction of sp³-hybridized carbons (Fsp3) is 0.444. The molecule has 0 bridgehead atoms. The predicted molar refractivity (Wildman–Crippen MR) is 55.0 cm³/mol. The molecule has 6 heteroatoms.